The van der Waals surface area contributed by atoms with Gasteiger partial charge in [0.1, 0.15) is 11.6 Å². The van der Waals surface area contributed by atoms with Crippen LogP contribution in [0.2, 0.25) is 0 Å². The molecule has 4 fully saturated rings. The molecule has 7 atom stereocenters. The Morgan fingerprint density at radius 3 is 2.59 bits per heavy atom. The standard InChI is InChI=1S/C24H34F3NO3S/c1-22-8-6-14(32-11-3-10-28-21(31)24(25,26)27)12-18(22)19(29)13-15-16-4-5-20(30)23(16,2)9-7-17(15)22/h14-18H,3-13H2,1-2H3,(H,28,31)/t14-,15+,16+,17+,18?,22-,23+/m1/s1. The number of fused-ring (bicyclic) bond motifs is 5. The van der Waals surface area contributed by atoms with Crippen molar-refractivity contribution in [3.8, 4) is 0 Å². The zero-order valence-electron chi connectivity index (χ0n) is 18.9. The van der Waals surface area contributed by atoms with E-state index in [-0.39, 0.29) is 23.3 Å². The minimum Gasteiger partial charge on any atom is -0.348 e. The van der Waals surface area contributed by atoms with Crippen LogP contribution in [0.3, 0.4) is 0 Å². The summed E-state index contributed by atoms with van der Waals surface area (Å²) in [5.41, 5.74) is -0.218. The Hall–Kier alpha value is -1.05. The second-order valence-corrected chi connectivity index (χ2v) is 12.3. The highest BCUT2D eigenvalue weighted by Crippen LogP contribution is 2.65. The zero-order valence-corrected chi connectivity index (χ0v) is 19.7. The first-order chi connectivity index (χ1) is 15.0. The number of halogens is 3. The van der Waals surface area contributed by atoms with E-state index in [2.05, 4.69) is 13.8 Å². The number of hydrogen-bond acceptors (Lipinski definition) is 4. The van der Waals surface area contributed by atoms with Gasteiger partial charge < -0.3 is 5.32 Å². The monoisotopic (exact) mass is 473 g/mol. The van der Waals surface area contributed by atoms with Crippen molar-refractivity contribution in [1.29, 1.82) is 0 Å². The average molecular weight is 474 g/mol. The van der Waals surface area contributed by atoms with E-state index in [0.717, 1.165) is 38.5 Å². The summed E-state index contributed by atoms with van der Waals surface area (Å²) in [7, 11) is 0. The molecule has 1 unspecified atom stereocenters. The van der Waals surface area contributed by atoms with Gasteiger partial charge in [0.2, 0.25) is 0 Å². The van der Waals surface area contributed by atoms with Crippen molar-refractivity contribution in [2.24, 2.45) is 34.5 Å². The van der Waals surface area contributed by atoms with Gasteiger partial charge in [0, 0.05) is 36.0 Å². The number of ketones is 2. The fourth-order valence-corrected chi connectivity index (χ4v) is 8.81. The van der Waals surface area contributed by atoms with Gasteiger partial charge in [-0.1, -0.05) is 13.8 Å². The molecule has 32 heavy (non-hydrogen) atoms. The van der Waals surface area contributed by atoms with Crippen LogP contribution in [-0.2, 0) is 14.4 Å². The summed E-state index contributed by atoms with van der Waals surface area (Å²) in [6.45, 7) is 4.45. The number of thioether (sulfide) groups is 1. The van der Waals surface area contributed by atoms with E-state index in [4.69, 9.17) is 0 Å². The third kappa shape index (κ3) is 4.14. The van der Waals surface area contributed by atoms with Gasteiger partial charge >= 0.3 is 12.1 Å². The smallest absolute Gasteiger partial charge is 0.348 e. The third-order valence-electron chi connectivity index (χ3n) is 9.34. The predicted molar refractivity (Wildman–Crippen MR) is 117 cm³/mol. The van der Waals surface area contributed by atoms with Crippen molar-refractivity contribution >= 4 is 29.2 Å². The molecule has 0 aromatic rings. The number of amides is 1. The topological polar surface area (TPSA) is 63.2 Å². The van der Waals surface area contributed by atoms with Crippen molar-refractivity contribution < 1.29 is 27.6 Å². The van der Waals surface area contributed by atoms with E-state index in [9.17, 15) is 27.6 Å². The van der Waals surface area contributed by atoms with Gasteiger partial charge in [-0.05, 0) is 73.9 Å². The van der Waals surface area contributed by atoms with Gasteiger partial charge in [0.15, 0.2) is 0 Å². The van der Waals surface area contributed by atoms with E-state index in [1.165, 1.54) is 0 Å². The molecular formula is C24H34F3NO3S. The van der Waals surface area contributed by atoms with E-state index in [1.54, 1.807) is 11.8 Å². The van der Waals surface area contributed by atoms with E-state index < -0.39 is 12.1 Å². The maximum atomic E-state index is 13.3. The first-order valence-corrected chi connectivity index (χ1v) is 13.0. The molecule has 4 aliphatic rings. The molecule has 4 saturated carbocycles. The van der Waals surface area contributed by atoms with Crippen molar-refractivity contribution in [3.05, 3.63) is 0 Å². The molecule has 0 radical (unpaired) electrons. The van der Waals surface area contributed by atoms with Crippen LogP contribution in [0.1, 0.15) is 71.6 Å². The van der Waals surface area contributed by atoms with Gasteiger partial charge in [-0.3, -0.25) is 14.4 Å². The van der Waals surface area contributed by atoms with Crippen molar-refractivity contribution in [2.45, 2.75) is 83.1 Å². The third-order valence-corrected chi connectivity index (χ3v) is 10.8. The lowest BCUT2D eigenvalue weighted by atomic mass is 9.45. The Morgan fingerprint density at radius 1 is 1.12 bits per heavy atom. The Labute approximate surface area is 192 Å². The minimum absolute atomic E-state index is 0.00467. The molecule has 4 nitrogen and oxygen atoms in total. The zero-order chi connectivity index (χ0) is 23.3. The van der Waals surface area contributed by atoms with Gasteiger partial charge in [0.05, 0.1) is 0 Å². The number of rotatable bonds is 5. The molecule has 0 aromatic carbocycles. The van der Waals surface area contributed by atoms with Crippen molar-refractivity contribution in [2.75, 3.05) is 12.3 Å². The van der Waals surface area contributed by atoms with Crippen molar-refractivity contribution in [1.82, 2.24) is 5.32 Å². The number of alkyl halides is 3. The van der Waals surface area contributed by atoms with Crippen molar-refractivity contribution in [3.63, 3.8) is 0 Å². The molecule has 0 saturated heterocycles. The van der Waals surface area contributed by atoms with E-state index >= 15 is 0 Å². The second-order valence-electron chi connectivity index (χ2n) is 10.9. The highest BCUT2D eigenvalue weighted by molar-refractivity contribution is 7.99. The number of carbonyl (C=O) groups excluding carboxylic acids is 3. The Morgan fingerprint density at radius 2 is 1.88 bits per heavy atom. The van der Waals surface area contributed by atoms with Crippen LogP contribution in [0.15, 0.2) is 0 Å². The number of nitrogens with one attached hydrogen (secondary N) is 1. The molecule has 1 amide bonds. The summed E-state index contributed by atoms with van der Waals surface area (Å²) in [6, 6.07) is 0. The van der Waals surface area contributed by atoms with Crippen LogP contribution in [0.5, 0.6) is 0 Å². The summed E-state index contributed by atoms with van der Waals surface area (Å²) < 4.78 is 36.7. The first kappa shape index (κ1) is 24.1. The lowest BCUT2D eigenvalue weighted by molar-refractivity contribution is -0.173. The Bertz CT molecular complexity index is 787. The summed E-state index contributed by atoms with van der Waals surface area (Å²) in [6.07, 6.45) is 2.73. The average Bonchev–Trinajstić information content (AvgIpc) is 3.02. The van der Waals surface area contributed by atoms with Gasteiger partial charge in [0.25, 0.3) is 0 Å². The maximum Gasteiger partial charge on any atom is 0.471 e. The van der Waals surface area contributed by atoms with Crippen LogP contribution in [0.25, 0.3) is 0 Å². The molecule has 1 N–H and O–H groups in total. The van der Waals surface area contributed by atoms with Crippen LogP contribution in [-0.4, -0.2) is 41.2 Å². The molecule has 4 aliphatic carbocycles. The molecule has 0 aliphatic heterocycles. The molecule has 8 heteroatoms. The van der Waals surface area contributed by atoms with Crippen LogP contribution in [0, 0.1) is 34.5 Å². The molecule has 0 aromatic heterocycles. The second kappa shape index (κ2) is 8.62. The highest BCUT2D eigenvalue weighted by Gasteiger charge is 2.62. The van der Waals surface area contributed by atoms with Crippen LogP contribution >= 0.6 is 11.8 Å². The number of Topliss-reactive ketones (excluding diaryl/α,β-unsaturated/α-hetero) is 2. The maximum absolute atomic E-state index is 13.3. The normalized spacial score (nSPS) is 41.6. The van der Waals surface area contributed by atoms with Gasteiger partial charge in [-0.15, -0.1) is 0 Å². The first-order valence-electron chi connectivity index (χ1n) is 12.0. The number of carbonyl (C=O) groups is 3. The minimum atomic E-state index is -4.83. The Kier molecular flexibility index (Phi) is 6.49. The summed E-state index contributed by atoms with van der Waals surface area (Å²) >= 11 is 1.73. The summed E-state index contributed by atoms with van der Waals surface area (Å²) in [5.74, 6) is 0.816. The highest BCUT2D eigenvalue weighted by atomic mass is 32.2. The molecule has 0 spiro atoms. The summed E-state index contributed by atoms with van der Waals surface area (Å²) in [5, 5.41) is 2.26. The lowest BCUT2D eigenvalue weighted by Gasteiger charge is -2.59. The Balaban J connectivity index is 1.32. The van der Waals surface area contributed by atoms with Crippen LogP contribution in [0.4, 0.5) is 13.2 Å². The van der Waals surface area contributed by atoms with Crippen LogP contribution < -0.4 is 5.32 Å². The predicted octanol–water partition coefficient (Wildman–Crippen LogP) is 4.95. The quantitative estimate of drug-likeness (QED) is 0.574. The molecule has 0 bridgehead atoms. The SMILES string of the molecule is C[C@]12CC[C@@H](SCCCNC(=O)C(F)(F)F)CC1C(=O)C[C@@H]1[C@@H]2CC[C@]2(C)C(=O)CC[C@@H]12. The molecule has 4 rings (SSSR count). The number of hydrogen-bond donors (Lipinski definition) is 1. The summed E-state index contributed by atoms with van der Waals surface area (Å²) in [4.78, 5) is 36.7. The molecule has 180 valence electrons. The van der Waals surface area contributed by atoms with E-state index in [1.807, 2.05) is 5.32 Å². The fraction of sp³-hybridized carbons (Fsp3) is 0.875. The van der Waals surface area contributed by atoms with E-state index in [0.29, 0.717) is 59.6 Å². The van der Waals surface area contributed by atoms with Gasteiger partial charge in [-0.2, -0.15) is 24.9 Å². The molecule has 0 heterocycles. The van der Waals surface area contributed by atoms with Gasteiger partial charge in [-0.25, -0.2) is 0 Å². The molecular weight excluding hydrogens is 439 g/mol. The largest absolute Gasteiger partial charge is 0.471 e. The fourth-order valence-electron chi connectivity index (χ4n) is 7.55. The lowest BCUT2D eigenvalue weighted by Crippen LogP contribution is -2.56.